The molecule has 6 aromatic carbocycles. The van der Waals surface area contributed by atoms with Crippen LogP contribution in [0.1, 0.15) is 58.1 Å². The fourth-order valence-electron chi connectivity index (χ4n) is 9.30. The van der Waals surface area contributed by atoms with Crippen molar-refractivity contribution in [3.8, 4) is 28.5 Å². The molecule has 0 saturated heterocycles. The zero-order chi connectivity index (χ0) is 36.7. The van der Waals surface area contributed by atoms with Crippen molar-refractivity contribution < 1.29 is 4.42 Å². The molecule has 56 heavy (non-hydrogen) atoms. The van der Waals surface area contributed by atoms with Gasteiger partial charge in [0, 0.05) is 50.7 Å². The second-order valence-corrected chi connectivity index (χ2v) is 15.4. The third kappa shape index (κ3) is 4.97. The predicted octanol–water partition coefficient (Wildman–Crippen LogP) is 12.5. The summed E-state index contributed by atoms with van der Waals surface area (Å²) in [5, 5.41) is 5.91. The lowest BCUT2D eigenvalue weighted by atomic mass is 9.89. The molecule has 1 atom stereocenters. The lowest BCUT2D eigenvalue weighted by Crippen LogP contribution is -2.12. The fraction of sp³-hybridized carbons (Fsp3) is 0.118. The van der Waals surface area contributed by atoms with Gasteiger partial charge in [0.2, 0.25) is 0 Å². The zero-order valence-corrected chi connectivity index (χ0v) is 30.7. The van der Waals surface area contributed by atoms with Crippen molar-refractivity contribution in [2.45, 2.75) is 38.0 Å². The van der Waals surface area contributed by atoms with Crippen molar-refractivity contribution in [1.29, 1.82) is 0 Å². The minimum Gasteiger partial charge on any atom is -0.456 e. The van der Waals surface area contributed by atoms with Gasteiger partial charge in [-0.25, -0.2) is 15.0 Å². The molecule has 3 aliphatic carbocycles. The number of furan rings is 1. The van der Waals surface area contributed by atoms with E-state index in [2.05, 4.69) is 156 Å². The van der Waals surface area contributed by atoms with Crippen molar-refractivity contribution >= 4 is 61.8 Å². The van der Waals surface area contributed by atoms with Crippen LogP contribution in [0.15, 0.2) is 138 Å². The smallest absolute Gasteiger partial charge is 0.163 e. The van der Waals surface area contributed by atoms with Crippen molar-refractivity contribution in [2.75, 3.05) is 0 Å². The van der Waals surface area contributed by atoms with Gasteiger partial charge in [0.15, 0.2) is 11.6 Å². The summed E-state index contributed by atoms with van der Waals surface area (Å²) in [6.07, 6.45) is 18.9. The van der Waals surface area contributed by atoms with Crippen LogP contribution in [0.25, 0.3) is 90.3 Å². The average molecular weight is 721 g/mol. The van der Waals surface area contributed by atoms with Crippen LogP contribution in [0.2, 0.25) is 0 Å². The van der Waals surface area contributed by atoms with Gasteiger partial charge in [0.05, 0.1) is 5.52 Å². The third-order valence-corrected chi connectivity index (χ3v) is 12.1. The van der Waals surface area contributed by atoms with Gasteiger partial charge in [0.1, 0.15) is 17.0 Å². The molecule has 3 aliphatic rings. The summed E-state index contributed by atoms with van der Waals surface area (Å²) in [5.74, 6) is 2.12. The molecule has 3 aromatic heterocycles. The number of hydrogen-bond acceptors (Lipinski definition) is 4. The molecule has 0 aliphatic heterocycles. The first-order valence-corrected chi connectivity index (χ1v) is 19.7. The number of aryl methyl sites for hydroxylation is 2. The minimum atomic E-state index is 0.0334. The Morgan fingerprint density at radius 2 is 1.38 bits per heavy atom. The van der Waals surface area contributed by atoms with Crippen molar-refractivity contribution in [1.82, 2.24) is 19.5 Å². The maximum Gasteiger partial charge on any atom is 0.163 e. The first-order valence-electron chi connectivity index (χ1n) is 19.7. The summed E-state index contributed by atoms with van der Waals surface area (Å²) in [7, 11) is 0. The van der Waals surface area contributed by atoms with Gasteiger partial charge < -0.3 is 8.98 Å². The lowest BCUT2D eigenvalue weighted by Gasteiger charge is -2.19. The van der Waals surface area contributed by atoms with Crippen LogP contribution in [0.4, 0.5) is 0 Å². The molecule has 0 bridgehead atoms. The Morgan fingerprint density at radius 3 is 2.30 bits per heavy atom. The maximum absolute atomic E-state index is 6.72. The quantitative estimate of drug-likeness (QED) is 0.182. The number of rotatable bonds is 4. The Balaban J connectivity index is 0.982. The van der Waals surface area contributed by atoms with Crippen LogP contribution < -0.4 is 0 Å². The summed E-state index contributed by atoms with van der Waals surface area (Å²) >= 11 is 0. The summed E-state index contributed by atoms with van der Waals surface area (Å²) in [4.78, 5) is 15.4. The molecule has 0 spiro atoms. The number of aromatic nitrogens is 4. The molecule has 0 N–H and O–H groups in total. The summed E-state index contributed by atoms with van der Waals surface area (Å²) in [6, 6.07) is 41.1. The normalized spacial score (nSPS) is 15.8. The number of hydrogen-bond donors (Lipinski definition) is 0. The molecule has 5 nitrogen and oxygen atoms in total. The molecule has 3 heterocycles. The van der Waals surface area contributed by atoms with Crippen molar-refractivity contribution in [3.05, 3.63) is 173 Å². The summed E-state index contributed by atoms with van der Waals surface area (Å²) < 4.78 is 9.15. The van der Waals surface area contributed by atoms with Crippen LogP contribution in [0.5, 0.6) is 0 Å². The van der Waals surface area contributed by atoms with Gasteiger partial charge in [-0.15, -0.1) is 0 Å². The maximum atomic E-state index is 6.72. The SMILES string of the molecule is C1=Cc2c(ccc3c2c2c(n3-c3ccc4c(c3)oc3cc(-c5nc(-c6ccc7ccccc7c6)nc(C6C=Cc7ccccc7C6)n5)ccc34)C=CCC2)CC1. The van der Waals surface area contributed by atoms with E-state index in [9.17, 15) is 0 Å². The molecule has 0 amide bonds. The molecular weight excluding hydrogens is 685 g/mol. The highest BCUT2D eigenvalue weighted by molar-refractivity contribution is 6.07. The molecule has 1 unspecified atom stereocenters. The summed E-state index contributed by atoms with van der Waals surface area (Å²) in [6.45, 7) is 0. The number of benzene rings is 6. The van der Waals surface area contributed by atoms with Gasteiger partial charge in [-0.2, -0.15) is 0 Å². The Kier molecular flexibility index (Phi) is 6.94. The van der Waals surface area contributed by atoms with E-state index < -0.39 is 0 Å². The van der Waals surface area contributed by atoms with Gasteiger partial charge >= 0.3 is 0 Å². The van der Waals surface area contributed by atoms with Crippen LogP contribution in [0.3, 0.4) is 0 Å². The largest absolute Gasteiger partial charge is 0.456 e. The Bertz CT molecular complexity index is 3190. The Labute approximate surface area is 324 Å². The van der Waals surface area contributed by atoms with E-state index in [1.54, 1.807) is 0 Å². The van der Waals surface area contributed by atoms with Crippen LogP contribution in [-0.2, 0) is 19.3 Å². The molecule has 0 radical (unpaired) electrons. The highest BCUT2D eigenvalue weighted by Gasteiger charge is 2.24. The van der Waals surface area contributed by atoms with Crippen LogP contribution in [-0.4, -0.2) is 19.5 Å². The highest BCUT2D eigenvalue weighted by Crippen LogP contribution is 2.41. The second kappa shape index (κ2) is 12.3. The standard InChI is InChI=1S/C51H36N4O/c1-3-12-34-27-36(19-17-31(34)9-1)49-52-50(37-20-18-32-10-2-4-13-35(32)28-37)54-51(53-49)38-21-24-41-42-25-23-39(30-47(42)56-46(41)29-38)55-44-16-8-7-15-43(44)48-40-14-6-5-11-33(40)22-26-45(48)55/h1-4,6,8-10,12-14,16-27,29-30,37H,5,7,11,15,28H2. The molecule has 5 heteroatoms. The summed E-state index contributed by atoms with van der Waals surface area (Å²) in [5.41, 5.74) is 14.0. The minimum absolute atomic E-state index is 0.0334. The van der Waals surface area contributed by atoms with E-state index in [1.165, 1.54) is 49.8 Å². The van der Waals surface area contributed by atoms with Crippen LogP contribution >= 0.6 is 0 Å². The first kappa shape index (κ1) is 31.5. The highest BCUT2D eigenvalue weighted by atomic mass is 16.3. The van der Waals surface area contributed by atoms with E-state index >= 15 is 0 Å². The zero-order valence-electron chi connectivity index (χ0n) is 30.7. The average Bonchev–Trinajstić information content (AvgIpc) is 3.81. The van der Waals surface area contributed by atoms with Crippen molar-refractivity contribution in [3.63, 3.8) is 0 Å². The third-order valence-electron chi connectivity index (χ3n) is 12.1. The monoisotopic (exact) mass is 720 g/mol. The second-order valence-electron chi connectivity index (χ2n) is 15.4. The number of nitrogens with zero attached hydrogens (tertiary/aromatic N) is 4. The van der Waals surface area contributed by atoms with E-state index in [0.717, 1.165) is 82.1 Å². The van der Waals surface area contributed by atoms with Gasteiger partial charge in [-0.1, -0.05) is 103 Å². The molecular formula is C51H36N4O. The Morgan fingerprint density at radius 1 is 0.607 bits per heavy atom. The molecule has 266 valence electrons. The van der Waals surface area contributed by atoms with Crippen molar-refractivity contribution in [2.24, 2.45) is 0 Å². The van der Waals surface area contributed by atoms with Crippen LogP contribution in [0, 0.1) is 0 Å². The van der Waals surface area contributed by atoms with E-state index in [4.69, 9.17) is 19.4 Å². The number of fused-ring (bicyclic) bond motifs is 10. The molecule has 9 aromatic rings. The lowest BCUT2D eigenvalue weighted by molar-refractivity contribution is 0.668. The predicted molar refractivity (Wildman–Crippen MR) is 229 cm³/mol. The van der Waals surface area contributed by atoms with E-state index in [-0.39, 0.29) is 5.92 Å². The molecule has 12 rings (SSSR count). The van der Waals surface area contributed by atoms with Gasteiger partial charge in [-0.3, -0.25) is 0 Å². The van der Waals surface area contributed by atoms with Gasteiger partial charge in [-0.05, 0) is 113 Å². The number of allylic oxidation sites excluding steroid dienone is 3. The van der Waals surface area contributed by atoms with Gasteiger partial charge in [0.25, 0.3) is 0 Å². The molecule has 0 fully saturated rings. The van der Waals surface area contributed by atoms with E-state index in [0.29, 0.717) is 11.6 Å². The topological polar surface area (TPSA) is 56.7 Å². The van der Waals surface area contributed by atoms with E-state index in [1.807, 2.05) is 0 Å². The first-order chi connectivity index (χ1) is 27.7. The molecule has 0 saturated carbocycles. The fourth-order valence-corrected chi connectivity index (χ4v) is 9.30. The Hall–Kier alpha value is -6.85.